The zero-order valence-electron chi connectivity index (χ0n) is 15.3. The number of nitrogens with zero attached hydrogens (tertiary/aromatic N) is 1. The van der Waals surface area contributed by atoms with E-state index >= 15 is 0 Å². The summed E-state index contributed by atoms with van der Waals surface area (Å²) in [6, 6.07) is 9.62. The number of hydrogen-bond acceptors (Lipinski definition) is 6. The van der Waals surface area contributed by atoms with Gasteiger partial charge in [-0.2, -0.15) is 0 Å². The minimum atomic E-state index is -0.532. The molecule has 1 saturated heterocycles. The van der Waals surface area contributed by atoms with Crippen molar-refractivity contribution in [1.29, 1.82) is 0 Å². The Morgan fingerprint density at radius 1 is 1.11 bits per heavy atom. The van der Waals surface area contributed by atoms with Crippen molar-refractivity contribution < 1.29 is 23.5 Å². The van der Waals surface area contributed by atoms with Gasteiger partial charge in [-0.3, -0.25) is 4.79 Å². The topological polar surface area (TPSA) is 86.1 Å². The standard InChI is InChI=1S/C20H21NO6/c1-13-11-15(12-18(22)26-13)27-14-7-9-21(10-8-14)19(23)16-5-3-4-6-17(16)20(24)25-2/h3-6,11-12,14H,7-10H2,1-2H3. The molecule has 0 spiro atoms. The number of amides is 1. The van der Waals surface area contributed by atoms with Crippen molar-refractivity contribution in [2.75, 3.05) is 20.2 Å². The van der Waals surface area contributed by atoms with Gasteiger partial charge in [0.05, 0.1) is 24.3 Å². The Morgan fingerprint density at radius 2 is 1.78 bits per heavy atom. The van der Waals surface area contributed by atoms with Crippen LogP contribution in [0.15, 0.2) is 45.6 Å². The number of ether oxygens (including phenoxy) is 2. The molecular weight excluding hydrogens is 350 g/mol. The molecule has 3 rings (SSSR count). The van der Waals surface area contributed by atoms with Gasteiger partial charge in [-0.05, 0) is 19.1 Å². The highest BCUT2D eigenvalue weighted by atomic mass is 16.5. The van der Waals surface area contributed by atoms with E-state index in [1.165, 1.54) is 13.2 Å². The maximum Gasteiger partial charge on any atom is 0.339 e. The molecule has 0 radical (unpaired) electrons. The van der Waals surface area contributed by atoms with Crippen LogP contribution in [-0.2, 0) is 4.74 Å². The van der Waals surface area contributed by atoms with Gasteiger partial charge in [0.25, 0.3) is 5.91 Å². The molecule has 2 aromatic rings. The first-order valence-corrected chi connectivity index (χ1v) is 8.73. The van der Waals surface area contributed by atoms with Crippen LogP contribution in [0, 0.1) is 6.92 Å². The van der Waals surface area contributed by atoms with Gasteiger partial charge in [-0.1, -0.05) is 12.1 Å². The number of aryl methyl sites for hydroxylation is 1. The molecule has 1 aromatic heterocycles. The first-order chi connectivity index (χ1) is 13.0. The van der Waals surface area contributed by atoms with E-state index in [9.17, 15) is 14.4 Å². The number of benzene rings is 1. The number of esters is 1. The molecule has 1 amide bonds. The zero-order valence-corrected chi connectivity index (χ0v) is 15.3. The van der Waals surface area contributed by atoms with E-state index in [1.807, 2.05) is 0 Å². The largest absolute Gasteiger partial charge is 0.490 e. The number of carbonyl (C=O) groups excluding carboxylic acids is 2. The van der Waals surface area contributed by atoms with Crippen molar-refractivity contribution in [3.8, 4) is 5.75 Å². The van der Waals surface area contributed by atoms with E-state index in [2.05, 4.69) is 0 Å². The second kappa shape index (κ2) is 8.07. The highest BCUT2D eigenvalue weighted by Gasteiger charge is 2.27. The number of piperidine rings is 1. The molecule has 0 N–H and O–H groups in total. The third-order valence-corrected chi connectivity index (χ3v) is 4.46. The van der Waals surface area contributed by atoms with Gasteiger partial charge in [-0.25, -0.2) is 9.59 Å². The number of likely N-dealkylation sites (tertiary alicyclic amines) is 1. The minimum absolute atomic E-state index is 0.0916. The first-order valence-electron chi connectivity index (χ1n) is 8.73. The summed E-state index contributed by atoms with van der Waals surface area (Å²) in [6.45, 7) is 2.69. The summed E-state index contributed by atoms with van der Waals surface area (Å²) in [5, 5.41) is 0. The smallest absolute Gasteiger partial charge is 0.339 e. The van der Waals surface area contributed by atoms with Gasteiger partial charge in [0, 0.05) is 32.0 Å². The highest BCUT2D eigenvalue weighted by Crippen LogP contribution is 2.21. The summed E-state index contributed by atoms with van der Waals surface area (Å²) in [7, 11) is 1.29. The Morgan fingerprint density at radius 3 is 2.41 bits per heavy atom. The maximum atomic E-state index is 12.8. The van der Waals surface area contributed by atoms with E-state index in [1.54, 1.807) is 42.2 Å². The Hall–Kier alpha value is -3.09. The van der Waals surface area contributed by atoms with Crippen LogP contribution in [-0.4, -0.2) is 43.1 Å². The lowest BCUT2D eigenvalue weighted by Crippen LogP contribution is -2.42. The lowest BCUT2D eigenvalue weighted by Gasteiger charge is -2.32. The second-order valence-corrected chi connectivity index (χ2v) is 6.37. The molecule has 0 bridgehead atoms. The molecule has 27 heavy (non-hydrogen) atoms. The molecule has 1 fully saturated rings. The van der Waals surface area contributed by atoms with Crippen molar-refractivity contribution in [2.24, 2.45) is 0 Å². The fourth-order valence-corrected chi connectivity index (χ4v) is 3.14. The van der Waals surface area contributed by atoms with Gasteiger partial charge in [0.2, 0.25) is 0 Å². The fourth-order valence-electron chi connectivity index (χ4n) is 3.14. The highest BCUT2D eigenvalue weighted by molar-refractivity contribution is 6.05. The Balaban J connectivity index is 1.65. The Bertz CT molecular complexity index is 895. The quantitative estimate of drug-likeness (QED) is 0.767. The Kier molecular flexibility index (Phi) is 5.59. The summed E-state index contributed by atoms with van der Waals surface area (Å²) in [4.78, 5) is 37.8. The van der Waals surface area contributed by atoms with E-state index < -0.39 is 11.6 Å². The van der Waals surface area contributed by atoms with Crippen LogP contribution < -0.4 is 10.4 Å². The minimum Gasteiger partial charge on any atom is -0.490 e. The molecule has 2 heterocycles. The molecule has 1 aliphatic rings. The number of hydrogen-bond donors (Lipinski definition) is 0. The summed E-state index contributed by atoms with van der Waals surface area (Å²) < 4.78 is 15.5. The van der Waals surface area contributed by atoms with Crippen LogP contribution in [0.5, 0.6) is 5.75 Å². The van der Waals surface area contributed by atoms with Crippen molar-refractivity contribution in [2.45, 2.75) is 25.9 Å². The van der Waals surface area contributed by atoms with Gasteiger partial charge in [-0.15, -0.1) is 0 Å². The van der Waals surface area contributed by atoms with E-state index in [0.717, 1.165) is 0 Å². The fraction of sp³-hybridized carbons (Fsp3) is 0.350. The number of carbonyl (C=O) groups is 2. The van der Waals surface area contributed by atoms with E-state index in [4.69, 9.17) is 13.9 Å². The van der Waals surface area contributed by atoms with Crippen molar-refractivity contribution in [1.82, 2.24) is 4.90 Å². The SMILES string of the molecule is COC(=O)c1ccccc1C(=O)N1CCC(Oc2cc(C)oc(=O)c2)CC1. The maximum absolute atomic E-state index is 12.8. The molecule has 0 unspecified atom stereocenters. The van der Waals surface area contributed by atoms with Gasteiger partial charge in [0.15, 0.2) is 0 Å². The van der Waals surface area contributed by atoms with Crippen LogP contribution in [0.1, 0.15) is 39.3 Å². The van der Waals surface area contributed by atoms with Gasteiger partial charge < -0.3 is 18.8 Å². The van der Waals surface area contributed by atoms with Crippen LogP contribution >= 0.6 is 0 Å². The summed E-state index contributed by atoms with van der Waals surface area (Å²) in [6.07, 6.45) is 1.17. The van der Waals surface area contributed by atoms with Crippen LogP contribution in [0.2, 0.25) is 0 Å². The van der Waals surface area contributed by atoms with Crippen LogP contribution in [0.25, 0.3) is 0 Å². The lowest BCUT2D eigenvalue weighted by molar-refractivity contribution is 0.0556. The van der Waals surface area contributed by atoms with E-state index in [0.29, 0.717) is 43.0 Å². The molecule has 1 aliphatic heterocycles. The van der Waals surface area contributed by atoms with Crippen molar-refractivity contribution in [3.05, 3.63) is 63.7 Å². The molecule has 7 heteroatoms. The monoisotopic (exact) mass is 371 g/mol. The third-order valence-electron chi connectivity index (χ3n) is 4.46. The van der Waals surface area contributed by atoms with Gasteiger partial charge in [0.1, 0.15) is 17.6 Å². The third kappa shape index (κ3) is 4.36. The molecule has 7 nitrogen and oxygen atoms in total. The molecule has 0 saturated carbocycles. The Labute approximate surface area is 156 Å². The zero-order chi connectivity index (χ0) is 19.4. The molecular formula is C20H21NO6. The van der Waals surface area contributed by atoms with Gasteiger partial charge >= 0.3 is 11.6 Å². The number of methoxy groups -OCH3 is 1. The van der Waals surface area contributed by atoms with Crippen LogP contribution in [0.4, 0.5) is 0 Å². The lowest BCUT2D eigenvalue weighted by atomic mass is 10.0. The molecule has 0 atom stereocenters. The summed E-state index contributed by atoms with van der Waals surface area (Å²) >= 11 is 0. The second-order valence-electron chi connectivity index (χ2n) is 6.37. The predicted molar refractivity (Wildman–Crippen MR) is 97.1 cm³/mol. The normalized spacial score (nSPS) is 14.7. The summed E-state index contributed by atoms with van der Waals surface area (Å²) in [5.41, 5.74) is 0.145. The first kappa shape index (κ1) is 18.7. The average molecular weight is 371 g/mol. The predicted octanol–water partition coefficient (Wildman–Crippen LogP) is 2.42. The molecule has 0 aliphatic carbocycles. The average Bonchev–Trinajstić information content (AvgIpc) is 2.66. The number of rotatable bonds is 4. The van der Waals surface area contributed by atoms with Crippen LogP contribution in [0.3, 0.4) is 0 Å². The summed E-state index contributed by atoms with van der Waals surface area (Å²) in [5.74, 6) is 0.232. The van der Waals surface area contributed by atoms with Crippen molar-refractivity contribution in [3.63, 3.8) is 0 Å². The molecule has 1 aromatic carbocycles. The van der Waals surface area contributed by atoms with Crippen molar-refractivity contribution >= 4 is 11.9 Å². The van der Waals surface area contributed by atoms with E-state index in [-0.39, 0.29) is 17.6 Å². The molecule has 142 valence electrons.